The number of nitrogens with one attached hydrogen (secondary N) is 1. The van der Waals surface area contributed by atoms with Crippen LogP contribution in [-0.4, -0.2) is 13.4 Å². The van der Waals surface area contributed by atoms with Gasteiger partial charge in [-0.2, -0.15) is 5.26 Å². The maximum atomic E-state index is 12.1. The molecule has 1 heterocycles. The van der Waals surface area contributed by atoms with Crippen LogP contribution in [0.1, 0.15) is 16.7 Å². The summed E-state index contributed by atoms with van der Waals surface area (Å²) in [4.78, 5) is 4.03. The SMILES string of the molecule is Cc1cc(S(=O)(=O)NCc2ccncc2)ccc1C#N. The molecule has 0 saturated carbocycles. The first-order chi connectivity index (χ1) is 9.53. The highest BCUT2D eigenvalue weighted by molar-refractivity contribution is 7.89. The number of sulfonamides is 1. The molecule has 0 saturated heterocycles. The lowest BCUT2D eigenvalue weighted by Crippen LogP contribution is -2.23. The van der Waals surface area contributed by atoms with E-state index < -0.39 is 10.0 Å². The highest BCUT2D eigenvalue weighted by Crippen LogP contribution is 2.15. The van der Waals surface area contributed by atoms with Gasteiger partial charge in [0, 0.05) is 18.9 Å². The summed E-state index contributed by atoms with van der Waals surface area (Å²) in [5.74, 6) is 0. The van der Waals surface area contributed by atoms with E-state index in [-0.39, 0.29) is 11.4 Å². The average Bonchev–Trinajstić information content (AvgIpc) is 2.46. The summed E-state index contributed by atoms with van der Waals surface area (Å²) >= 11 is 0. The third kappa shape index (κ3) is 3.20. The first kappa shape index (κ1) is 14.2. The topological polar surface area (TPSA) is 82.8 Å². The van der Waals surface area contributed by atoms with Gasteiger partial charge in [0.15, 0.2) is 0 Å². The van der Waals surface area contributed by atoms with E-state index in [1.54, 1.807) is 31.5 Å². The molecule has 0 unspecified atom stereocenters. The quantitative estimate of drug-likeness (QED) is 0.928. The van der Waals surface area contributed by atoms with Crippen molar-refractivity contribution in [2.45, 2.75) is 18.4 Å². The number of hydrogen-bond acceptors (Lipinski definition) is 4. The first-order valence-corrected chi connectivity index (χ1v) is 7.40. The maximum absolute atomic E-state index is 12.1. The molecule has 0 radical (unpaired) electrons. The largest absolute Gasteiger partial charge is 0.265 e. The van der Waals surface area contributed by atoms with Crippen LogP contribution in [0.3, 0.4) is 0 Å². The number of aryl methyl sites for hydroxylation is 1. The second kappa shape index (κ2) is 5.82. The van der Waals surface area contributed by atoms with Crippen molar-refractivity contribution in [1.82, 2.24) is 9.71 Å². The van der Waals surface area contributed by atoms with Crippen LogP contribution in [0.2, 0.25) is 0 Å². The van der Waals surface area contributed by atoms with Crippen LogP contribution in [0.5, 0.6) is 0 Å². The van der Waals surface area contributed by atoms with E-state index in [9.17, 15) is 8.42 Å². The summed E-state index contributed by atoms with van der Waals surface area (Å²) in [5.41, 5.74) is 1.94. The highest BCUT2D eigenvalue weighted by Gasteiger charge is 2.14. The Bertz CT molecular complexity index is 750. The molecule has 6 heteroatoms. The molecule has 0 amide bonds. The molecule has 1 aromatic heterocycles. The van der Waals surface area contributed by atoms with Crippen molar-refractivity contribution in [2.75, 3.05) is 0 Å². The van der Waals surface area contributed by atoms with Crippen molar-refractivity contribution < 1.29 is 8.42 Å². The second-order valence-electron chi connectivity index (χ2n) is 4.27. The van der Waals surface area contributed by atoms with Crippen molar-refractivity contribution in [3.05, 3.63) is 59.4 Å². The fourth-order valence-corrected chi connectivity index (χ4v) is 2.79. The minimum Gasteiger partial charge on any atom is -0.265 e. The number of nitrogens with zero attached hydrogens (tertiary/aromatic N) is 2. The first-order valence-electron chi connectivity index (χ1n) is 5.92. The van der Waals surface area contributed by atoms with Gasteiger partial charge in [-0.1, -0.05) is 0 Å². The van der Waals surface area contributed by atoms with Crippen molar-refractivity contribution in [3.8, 4) is 6.07 Å². The van der Waals surface area contributed by atoms with Crippen LogP contribution >= 0.6 is 0 Å². The summed E-state index contributed by atoms with van der Waals surface area (Å²) in [7, 11) is -3.59. The average molecular weight is 287 g/mol. The molecular formula is C14H13N3O2S. The number of hydrogen-bond donors (Lipinski definition) is 1. The Kier molecular flexibility index (Phi) is 4.13. The van der Waals surface area contributed by atoms with E-state index >= 15 is 0 Å². The van der Waals surface area contributed by atoms with Crippen LogP contribution in [0.4, 0.5) is 0 Å². The molecule has 1 aromatic carbocycles. The Hall–Kier alpha value is -2.23. The number of benzene rings is 1. The van der Waals surface area contributed by atoms with Crippen LogP contribution in [-0.2, 0) is 16.6 Å². The molecule has 0 aliphatic heterocycles. The lowest BCUT2D eigenvalue weighted by molar-refractivity contribution is 0.581. The van der Waals surface area contributed by atoms with Gasteiger partial charge in [-0.05, 0) is 48.4 Å². The van der Waals surface area contributed by atoms with E-state index in [0.717, 1.165) is 5.56 Å². The van der Waals surface area contributed by atoms with Crippen molar-refractivity contribution in [3.63, 3.8) is 0 Å². The van der Waals surface area contributed by atoms with Gasteiger partial charge >= 0.3 is 0 Å². The maximum Gasteiger partial charge on any atom is 0.240 e. The summed E-state index contributed by atoms with van der Waals surface area (Å²) in [5, 5.41) is 8.84. The predicted molar refractivity (Wildman–Crippen MR) is 74.2 cm³/mol. The van der Waals surface area contributed by atoms with E-state index in [4.69, 9.17) is 5.26 Å². The molecule has 5 nitrogen and oxygen atoms in total. The van der Waals surface area contributed by atoms with E-state index in [1.165, 1.54) is 18.2 Å². The molecule has 102 valence electrons. The molecule has 20 heavy (non-hydrogen) atoms. The zero-order valence-corrected chi connectivity index (χ0v) is 11.7. The fraction of sp³-hybridized carbons (Fsp3) is 0.143. The third-order valence-corrected chi connectivity index (χ3v) is 4.24. The molecule has 0 atom stereocenters. The van der Waals surface area contributed by atoms with Gasteiger partial charge in [0.25, 0.3) is 0 Å². The zero-order valence-electron chi connectivity index (χ0n) is 10.9. The third-order valence-electron chi connectivity index (χ3n) is 2.84. The van der Waals surface area contributed by atoms with Crippen LogP contribution in [0, 0.1) is 18.3 Å². The minimum absolute atomic E-state index is 0.156. The van der Waals surface area contributed by atoms with Gasteiger partial charge in [-0.15, -0.1) is 0 Å². The Morgan fingerprint density at radius 3 is 2.55 bits per heavy atom. The zero-order chi connectivity index (χ0) is 14.6. The summed E-state index contributed by atoms with van der Waals surface area (Å²) in [6.45, 7) is 1.91. The second-order valence-corrected chi connectivity index (χ2v) is 6.04. The fourth-order valence-electron chi connectivity index (χ4n) is 1.69. The number of rotatable bonds is 4. The lowest BCUT2D eigenvalue weighted by Gasteiger charge is -2.08. The lowest BCUT2D eigenvalue weighted by atomic mass is 10.1. The molecule has 1 N–H and O–H groups in total. The summed E-state index contributed by atoms with van der Waals surface area (Å²) < 4.78 is 26.8. The molecular weight excluding hydrogens is 274 g/mol. The van der Waals surface area contributed by atoms with Gasteiger partial charge in [0.1, 0.15) is 0 Å². The van der Waals surface area contributed by atoms with Crippen LogP contribution in [0.15, 0.2) is 47.6 Å². The van der Waals surface area contributed by atoms with E-state index in [1.807, 2.05) is 6.07 Å². The number of pyridine rings is 1. The Morgan fingerprint density at radius 2 is 1.95 bits per heavy atom. The molecule has 2 aromatic rings. The van der Waals surface area contributed by atoms with Crippen LogP contribution in [0.25, 0.3) is 0 Å². The molecule has 0 aliphatic rings. The highest BCUT2D eigenvalue weighted by atomic mass is 32.2. The van der Waals surface area contributed by atoms with Gasteiger partial charge in [-0.25, -0.2) is 13.1 Å². The monoisotopic (exact) mass is 287 g/mol. The molecule has 0 bridgehead atoms. The normalized spacial score (nSPS) is 11.0. The summed E-state index contributed by atoms with van der Waals surface area (Å²) in [6.07, 6.45) is 3.21. The van der Waals surface area contributed by atoms with E-state index in [2.05, 4.69) is 9.71 Å². The standard InChI is InChI=1S/C14H13N3O2S/c1-11-8-14(3-2-13(11)9-15)20(18,19)17-10-12-4-6-16-7-5-12/h2-8,17H,10H2,1H3. The smallest absolute Gasteiger partial charge is 0.240 e. The molecule has 0 aliphatic carbocycles. The summed E-state index contributed by atoms with van der Waals surface area (Å²) in [6, 6.07) is 9.93. The van der Waals surface area contributed by atoms with Crippen molar-refractivity contribution in [1.29, 1.82) is 5.26 Å². The molecule has 0 spiro atoms. The Morgan fingerprint density at radius 1 is 1.25 bits per heavy atom. The molecule has 0 fully saturated rings. The Balaban J connectivity index is 2.19. The van der Waals surface area contributed by atoms with E-state index in [0.29, 0.717) is 11.1 Å². The van der Waals surface area contributed by atoms with Gasteiger partial charge in [-0.3, -0.25) is 4.98 Å². The van der Waals surface area contributed by atoms with Gasteiger partial charge in [0.2, 0.25) is 10.0 Å². The number of aromatic nitrogens is 1. The van der Waals surface area contributed by atoms with Crippen molar-refractivity contribution >= 4 is 10.0 Å². The number of nitriles is 1. The Labute approximate surface area is 118 Å². The van der Waals surface area contributed by atoms with Gasteiger partial charge in [0.05, 0.1) is 16.5 Å². The van der Waals surface area contributed by atoms with Crippen LogP contribution < -0.4 is 4.72 Å². The molecule has 2 rings (SSSR count). The minimum atomic E-state index is -3.59. The van der Waals surface area contributed by atoms with Gasteiger partial charge < -0.3 is 0 Å². The van der Waals surface area contributed by atoms with Crippen molar-refractivity contribution in [2.24, 2.45) is 0 Å². The predicted octanol–water partition coefficient (Wildman–Crippen LogP) is 1.74.